The van der Waals surface area contributed by atoms with Crippen molar-refractivity contribution in [3.8, 4) is 0 Å². The number of aryl methyl sites for hydroxylation is 2. The van der Waals surface area contributed by atoms with Crippen LogP contribution < -0.4 is 5.32 Å². The average Bonchev–Trinajstić information content (AvgIpc) is 2.77. The Morgan fingerprint density at radius 3 is 2.70 bits per heavy atom. The van der Waals surface area contributed by atoms with Crippen molar-refractivity contribution in [3.63, 3.8) is 0 Å². The van der Waals surface area contributed by atoms with Crippen LogP contribution >= 0.6 is 0 Å². The highest BCUT2D eigenvalue weighted by atomic mass is 16.5. The molecule has 0 aromatic carbocycles. The molecule has 1 heterocycles. The Balaban J connectivity index is 2.64. The molecule has 0 saturated heterocycles. The number of rotatable bonds is 10. The fraction of sp³-hybridized carbons (Fsp3) is 0.812. The van der Waals surface area contributed by atoms with E-state index in [0.717, 1.165) is 32.4 Å². The summed E-state index contributed by atoms with van der Waals surface area (Å²) in [5, 5.41) is 8.21. The Morgan fingerprint density at radius 2 is 2.15 bits per heavy atom. The molecule has 0 aliphatic heterocycles. The minimum atomic E-state index is 0.500. The SMILES string of the molecule is CCCNC(Cc1cc(CC)nn1C)CC(C)COC. The molecule has 4 heteroatoms. The molecule has 20 heavy (non-hydrogen) atoms. The molecule has 4 nitrogen and oxygen atoms in total. The van der Waals surface area contributed by atoms with E-state index in [1.165, 1.54) is 17.8 Å². The van der Waals surface area contributed by atoms with Gasteiger partial charge in [-0.1, -0.05) is 20.8 Å². The van der Waals surface area contributed by atoms with Gasteiger partial charge in [0.25, 0.3) is 0 Å². The van der Waals surface area contributed by atoms with Crippen molar-refractivity contribution in [1.82, 2.24) is 15.1 Å². The van der Waals surface area contributed by atoms with Gasteiger partial charge in [-0.2, -0.15) is 5.10 Å². The normalized spacial score (nSPS) is 14.4. The van der Waals surface area contributed by atoms with E-state index in [2.05, 4.69) is 37.3 Å². The summed E-state index contributed by atoms with van der Waals surface area (Å²) < 4.78 is 7.29. The predicted octanol–water partition coefficient (Wildman–Crippen LogP) is 2.57. The maximum atomic E-state index is 5.26. The van der Waals surface area contributed by atoms with Crippen molar-refractivity contribution in [2.45, 2.75) is 52.5 Å². The van der Waals surface area contributed by atoms with Crippen molar-refractivity contribution in [3.05, 3.63) is 17.5 Å². The van der Waals surface area contributed by atoms with E-state index in [1.54, 1.807) is 7.11 Å². The number of methoxy groups -OCH3 is 1. The van der Waals surface area contributed by atoms with Gasteiger partial charge in [0.1, 0.15) is 0 Å². The molecule has 0 radical (unpaired) electrons. The van der Waals surface area contributed by atoms with Gasteiger partial charge in [0.05, 0.1) is 5.69 Å². The third kappa shape index (κ3) is 5.63. The van der Waals surface area contributed by atoms with Crippen LogP contribution in [0.5, 0.6) is 0 Å². The minimum absolute atomic E-state index is 0.500. The van der Waals surface area contributed by atoms with E-state index in [-0.39, 0.29) is 0 Å². The summed E-state index contributed by atoms with van der Waals surface area (Å²) in [4.78, 5) is 0. The van der Waals surface area contributed by atoms with Gasteiger partial charge in [-0.05, 0) is 37.8 Å². The Kier molecular flexibility index (Phi) is 7.85. The van der Waals surface area contributed by atoms with Gasteiger partial charge in [-0.15, -0.1) is 0 Å². The van der Waals surface area contributed by atoms with E-state index in [4.69, 9.17) is 4.74 Å². The molecule has 0 fully saturated rings. The minimum Gasteiger partial charge on any atom is -0.384 e. The molecular formula is C16H31N3O. The van der Waals surface area contributed by atoms with Crippen LogP contribution in [0, 0.1) is 5.92 Å². The average molecular weight is 281 g/mol. The summed E-state index contributed by atoms with van der Waals surface area (Å²) in [5.41, 5.74) is 2.50. The summed E-state index contributed by atoms with van der Waals surface area (Å²) in [5.74, 6) is 0.577. The number of nitrogens with zero attached hydrogens (tertiary/aromatic N) is 2. The lowest BCUT2D eigenvalue weighted by atomic mass is 9.98. The van der Waals surface area contributed by atoms with Gasteiger partial charge in [0.15, 0.2) is 0 Å². The maximum Gasteiger partial charge on any atom is 0.0624 e. The number of nitrogens with one attached hydrogen (secondary N) is 1. The quantitative estimate of drug-likeness (QED) is 0.716. The van der Waals surface area contributed by atoms with Crippen LogP contribution in [0.25, 0.3) is 0 Å². The summed E-state index contributed by atoms with van der Waals surface area (Å²) >= 11 is 0. The first-order valence-electron chi connectivity index (χ1n) is 7.84. The van der Waals surface area contributed by atoms with Crippen LogP contribution in [0.4, 0.5) is 0 Å². The lowest BCUT2D eigenvalue weighted by Gasteiger charge is -2.22. The van der Waals surface area contributed by atoms with Crippen molar-refractivity contribution < 1.29 is 4.74 Å². The van der Waals surface area contributed by atoms with Crippen LogP contribution in [-0.4, -0.2) is 36.1 Å². The molecule has 1 aromatic rings. The Labute approximate surface area is 123 Å². The van der Waals surface area contributed by atoms with Crippen LogP contribution in [0.1, 0.15) is 45.0 Å². The number of hydrogen-bond acceptors (Lipinski definition) is 3. The number of aromatic nitrogens is 2. The van der Waals surface area contributed by atoms with Gasteiger partial charge in [0.2, 0.25) is 0 Å². The highest BCUT2D eigenvalue weighted by Crippen LogP contribution is 2.13. The monoisotopic (exact) mass is 281 g/mol. The van der Waals surface area contributed by atoms with Crippen molar-refractivity contribution >= 4 is 0 Å². The fourth-order valence-electron chi connectivity index (χ4n) is 2.61. The largest absolute Gasteiger partial charge is 0.384 e. The smallest absolute Gasteiger partial charge is 0.0624 e. The number of hydrogen-bond donors (Lipinski definition) is 1. The van der Waals surface area contributed by atoms with Crippen LogP contribution in [0.15, 0.2) is 6.07 Å². The summed E-state index contributed by atoms with van der Waals surface area (Å²) in [6.45, 7) is 8.52. The first-order valence-corrected chi connectivity index (χ1v) is 7.84. The van der Waals surface area contributed by atoms with Gasteiger partial charge in [-0.25, -0.2) is 0 Å². The highest BCUT2D eigenvalue weighted by Gasteiger charge is 2.15. The summed E-state index contributed by atoms with van der Waals surface area (Å²) in [7, 11) is 3.82. The van der Waals surface area contributed by atoms with E-state index in [1.807, 2.05) is 11.7 Å². The third-order valence-corrected chi connectivity index (χ3v) is 3.67. The van der Waals surface area contributed by atoms with Crippen LogP contribution in [0.3, 0.4) is 0 Å². The summed E-state index contributed by atoms with van der Waals surface area (Å²) in [6, 6.07) is 2.74. The zero-order valence-electron chi connectivity index (χ0n) is 13.8. The predicted molar refractivity (Wildman–Crippen MR) is 84.0 cm³/mol. The molecular weight excluding hydrogens is 250 g/mol. The molecule has 0 aliphatic carbocycles. The standard InChI is InChI=1S/C16H31N3O/c1-6-8-17-15(9-13(3)12-20-5)11-16-10-14(7-2)18-19(16)4/h10,13,15,17H,6-9,11-12H2,1-5H3. The van der Waals surface area contributed by atoms with Gasteiger partial charge < -0.3 is 10.1 Å². The first kappa shape index (κ1) is 17.2. The summed E-state index contributed by atoms with van der Waals surface area (Å²) in [6.07, 6.45) is 4.35. The zero-order valence-corrected chi connectivity index (χ0v) is 13.8. The lowest BCUT2D eigenvalue weighted by molar-refractivity contribution is 0.149. The fourth-order valence-corrected chi connectivity index (χ4v) is 2.61. The molecule has 2 atom stereocenters. The first-order chi connectivity index (χ1) is 9.60. The van der Waals surface area contributed by atoms with Crippen LogP contribution in [-0.2, 0) is 24.6 Å². The molecule has 0 amide bonds. The van der Waals surface area contributed by atoms with Crippen molar-refractivity contribution in [2.75, 3.05) is 20.3 Å². The van der Waals surface area contributed by atoms with Crippen molar-refractivity contribution in [2.24, 2.45) is 13.0 Å². The Morgan fingerprint density at radius 1 is 1.40 bits per heavy atom. The Hall–Kier alpha value is -0.870. The molecule has 0 aliphatic rings. The van der Waals surface area contributed by atoms with E-state index in [9.17, 15) is 0 Å². The van der Waals surface area contributed by atoms with E-state index < -0.39 is 0 Å². The number of ether oxygens (including phenoxy) is 1. The second-order valence-corrected chi connectivity index (χ2v) is 5.76. The molecule has 0 spiro atoms. The molecule has 0 saturated carbocycles. The van der Waals surface area contributed by atoms with Gasteiger partial charge >= 0.3 is 0 Å². The second-order valence-electron chi connectivity index (χ2n) is 5.76. The molecule has 1 aromatic heterocycles. The molecule has 0 bridgehead atoms. The van der Waals surface area contributed by atoms with E-state index >= 15 is 0 Å². The lowest BCUT2D eigenvalue weighted by Crippen LogP contribution is -2.34. The van der Waals surface area contributed by atoms with Gasteiger partial charge in [0, 0.05) is 38.9 Å². The van der Waals surface area contributed by atoms with Crippen LogP contribution in [0.2, 0.25) is 0 Å². The maximum absolute atomic E-state index is 5.26. The Bertz CT molecular complexity index is 376. The topological polar surface area (TPSA) is 39.1 Å². The molecule has 116 valence electrons. The molecule has 1 N–H and O–H groups in total. The van der Waals surface area contributed by atoms with E-state index in [0.29, 0.717) is 12.0 Å². The molecule has 2 unspecified atom stereocenters. The third-order valence-electron chi connectivity index (χ3n) is 3.67. The zero-order chi connectivity index (χ0) is 15.0. The second kappa shape index (κ2) is 9.14. The van der Waals surface area contributed by atoms with Crippen molar-refractivity contribution in [1.29, 1.82) is 0 Å². The molecule has 1 rings (SSSR count). The van der Waals surface area contributed by atoms with Gasteiger partial charge in [-0.3, -0.25) is 4.68 Å². The highest BCUT2D eigenvalue weighted by molar-refractivity contribution is 5.11.